The summed E-state index contributed by atoms with van der Waals surface area (Å²) in [5, 5.41) is 13.4. The zero-order valence-corrected chi connectivity index (χ0v) is 13.3. The van der Waals surface area contributed by atoms with Gasteiger partial charge in [-0.3, -0.25) is 0 Å². The van der Waals surface area contributed by atoms with Crippen molar-refractivity contribution < 1.29 is 24.2 Å². The molecule has 122 valence electrons. The van der Waals surface area contributed by atoms with Crippen LogP contribution in [0, 0.1) is 0 Å². The van der Waals surface area contributed by atoms with Gasteiger partial charge in [-0.25, -0.2) is 4.79 Å². The average Bonchev–Trinajstić information content (AvgIpc) is 2.41. The van der Waals surface area contributed by atoms with Gasteiger partial charge >= 0.3 is 6.09 Å². The number of benzene rings is 1. The van der Waals surface area contributed by atoms with E-state index < -0.39 is 29.8 Å². The Morgan fingerprint density at radius 1 is 1.23 bits per heavy atom. The van der Waals surface area contributed by atoms with Crippen LogP contribution in [0.15, 0.2) is 30.3 Å². The van der Waals surface area contributed by atoms with Crippen molar-refractivity contribution in [3.8, 4) is 0 Å². The van der Waals surface area contributed by atoms with Crippen LogP contribution in [0.4, 0.5) is 4.79 Å². The minimum Gasteiger partial charge on any atom is -0.548 e. The molecular formula is C16H22NO5-. The molecule has 0 fully saturated rings. The summed E-state index contributed by atoms with van der Waals surface area (Å²) >= 11 is 0. The van der Waals surface area contributed by atoms with Crippen LogP contribution < -0.4 is 10.4 Å². The number of amides is 1. The highest BCUT2D eigenvalue weighted by atomic mass is 16.6. The lowest BCUT2D eigenvalue weighted by Crippen LogP contribution is -2.55. The van der Waals surface area contributed by atoms with E-state index in [1.54, 1.807) is 39.8 Å². The standard InChI is InChI=1S/C16H23NO5/c1-11(22-16(2,3)4)13(14(18)19)17-15(20)21-10-12-8-6-5-7-9-12/h5-9,11,13H,10H2,1-4H3,(H,17,20)(H,18,19)/p-1/t11-,13+/m1/s1. The molecule has 1 amide bonds. The Balaban J connectivity index is 2.55. The summed E-state index contributed by atoms with van der Waals surface area (Å²) in [6.07, 6.45) is -1.59. The maximum absolute atomic E-state index is 11.7. The van der Waals surface area contributed by atoms with Crippen molar-refractivity contribution in [2.45, 2.75) is 52.0 Å². The molecule has 0 saturated carbocycles. The maximum Gasteiger partial charge on any atom is 0.408 e. The van der Waals surface area contributed by atoms with Gasteiger partial charge in [0.25, 0.3) is 0 Å². The van der Waals surface area contributed by atoms with E-state index in [-0.39, 0.29) is 6.61 Å². The summed E-state index contributed by atoms with van der Waals surface area (Å²) in [6, 6.07) is 7.80. The summed E-state index contributed by atoms with van der Waals surface area (Å²) < 4.78 is 10.5. The lowest BCUT2D eigenvalue weighted by atomic mass is 10.1. The Labute approximate surface area is 130 Å². The van der Waals surface area contributed by atoms with E-state index in [0.29, 0.717) is 0 Å². The number of rotatable bonds is 6. The zero-order valence-electron chi connectivity index (χ0n) is 13.3. The van der Waals surface area contributed by atoms with Gasteiger partial charge in [-0.1, -0.05) is 30.3 Å². The second-order valence-electron chi connectivity index (χ2n) is 5.94. The number of carboxylic acids is 1. The van der Waals surface area contributed by atoms with E-state index in [9.17, 15) is 14.7 Å². The Kier molecular flexibility index (Phi) is 6.37. The molecule has 0 aromatic heterocycles. The van der Waals surface area contributed by atoms with Gasteiger partial charge < -0.3 is 24.7 Å². The van der Waals surface area contributed by atoms with E-state index in [2.05, 4.69) is 5.32 Å². The monoisotopic (exact) mass is 308 g/mol. The largest absolute Gasteiger partial charge is 0.548 e. The number of carbonyl (C=O) groups excluding carboxylic acids is 2. The van der Waals surface area contributed by atoms with E-state index >= 15 is 0 Å². The van der Waals surface area contributed by atoms with E-state index in [1.165, 1.54) is 0 Å². The van der Waals surface area contributed by atoms with Crippen molar-refractivity contribution in [3.05, 3.63) is 35.9 Å². The molecule has 0 saturated heterocycles. The molecule has 1 N–H and O–H groups in total. The van der Waals surface area contributed by atoms with Gasteiger partial charge in [-0.05, 0) is 33.3 Å². The third-order valence-corrected chi connectivity index (χ3v) is 2.75. The molecule has 6 nitrogen and oxygen atoms in total. The Morgan fingerprint density at radius 2 is 1.82 bits per heavy atom. The predicted octanol–water partition coefficient (Wildman–Crippen LogP) is 1.23. The van der Waals surface area contributed by atoms with Crippen molar-refractivity contribution >= 4 is 12.1 Å². The lowest BCUT2D eigenvalue weighted by molar-refractivity contribution is -0.311. The topological polar surface area (TPSA) is 87.7 Å². The Hall–Kier alpha value is -2.08. The maximum atomic E-state index is 11.7. The molecule has 0 aliphatic carbocycles. The summed E-state index contributed by atoms with van der Waals surface area (Å²) in [5.41, 5.74) is 0.268. The fourth-order valence-electron chi connectivity index (χ4n) is 1.89. The van der Waals surface area contributed by atoms with Gasteiger partial charge in [0.05, 0.1) is 23.7 Å². The second-order valence-corrected chi connectivity index (χ2v) is 5.94. The number of hydrogen-bond donors (Lipinski definition) is 1. The molecule has 6 heteroatoms. The second kappa shape index (κ2) is 7.79. The quantitative estimate of drug-likeness (QED) is 0.854. The van der Waals surface area contributed by atoms with Crippen LogP contribution in [0.3, 0.4) is 0 Å². The summed E-state index contributed by atoms with van der Waals surface area (Å²) in [7, 11) is 0. The van der Waals surface area contributed by atoms with Crippen molar-refractivity contribution in [2.24, 2.45) is 0 Å². The van der Waals surface area contributed by atoms with Gasteiger partial charge in [0.15, 0.2) is 0 Å². The molecule has 0 unspecified atom stereocenters. The van der Waals surface area contributed by atoms with Crippen LogP contribution in [-0.2, 0) is 20.9 Å². The highest BCUT2D eigenvalue weighted by Crippen LogP contribution is 2.13. The number of carboxylic acid groups (broad SMARTS) is 1. The molecule has 0 aliphatic rings. The minimum absolute atomic E-state index is 0.0565. The van der Waals surface area contributed by atoms with E-state index in [4.69, 9.17) is 9.47 Å². The Morgan fingerprint density at radius 3 is 2.32 bits per heavy atom. The normalized spacial score (nSPS) is 14.0. The van der Waals surface area contributed by atoms with Crippen molar-refractivity contribution in [1.82, 2.24) is 5.32 Å². The summed E-state index contributed by atoms with van der Waals surface area (Å²) in [5.74, 6) is -1.42. The fourth-order valence-corrected chi connectivity index (χ4v) is 1.89. The van der Waals surface area contributed by atoms with Crippen LogP contribution in [-0.4, -0.2) is 29.8 Å². The zero-order chi connectivity index (χ0) is 16.8. The first-order valence-electron chi connectivity index (χ1n) is 7.05. The van der Waals surface area contributed by atoms with Crippen LogP contribution in [0.25, 0.3) is 0 Å². The van der Waals surface area contributed by atoms with Crippen LogP contribution in [0.1, 0.15) is 33.3 Å². The molecular weight excluding hydrogens is 286 g/mol. The number of carbonyl (C=O) groups is 2. The third-order valence-electron chi connectivity index (χ3n) is 2.75. The number of nitrogens with one attached hydrogen (secondary N) is 1. The summed E-state index contributed by atoms with van der Waals surface area (Å²) in [4.78, 5) is 22.9. The van der Waals surface area contributed by atoms with E-state index in [1.807, 2.05) is 18.2 Å². The number of hydrogen-bond acceptors (Lipinski definition) is 5. The van der Waals surface area contributed by atoms with Crippen LogP contribution in [0.5, 0.6) is 0 Å². The van der Waals surface area contributed by atoms with Crippen LogP contribution in [0.2, 0.25) is 0 Å². The molecule has 0 aliphatic heterocycles. The van der Waals surface area contributed by atoms with E-state index in [0.717, 1.165) is 5.56 Å². The number of ether oxygens (including phenoxy) is 2. The molecule has 22 heavy (non-hydrogen) atoms. The first-order chi connectivity index (χ1) is 10.2. The first kappa shape index (κ1) is 18.0. The molecule has 0 bridgehead atoms. The summed E-state index contributed by atoms with van der Waals surface area (Å²) in [6.45, 7) is 7.00. The lowest BCUT2D eigenvalue weighted by Gasteiger charge is -2.31. The molecule has 0 radical (unpaired) electrons. The SMILES string of the molecule is C[C@@H](OC(C)(C)C)[C@H](NC(=O)OCc1ccccc1)C(=O)[O-]. The van der Waals surface area contributed by atoms with Gasteiger partial charge in [0.2, 0.25) is 0 Å². The molecule has 0 heterocycles. The fraction of sp³-hybridized carbons (Fsp3) is 0.500. The molecule has 1 rings (SSSR count). The molecule has 1 aromatic carbocycles. The number of alkyl carbamates (subject to hydrolysis) is 1. The van der Waals surface area contributed by atoms with Gasteiger partial charge in [0, 0.05) is 0 Å². The molecule has 2 atom stereocenters. The van der Waals surface area contributed by atoms with Gasteiger partial charge in [0.1, 0.15) is 6.61 Å². The van der Waals surface area contributed by atoms with Crippen molar-refractivity contribution in [3.63, 3.8) is 0 Å². The van der Waals surface area contributed by atoms with Gasteiger partial charge in [-0.2, -0.15) is 0 Å². The van der Waals surface area contributed by atoms with Crippen molar-refractivity contribution in [1.29, 1.82) is 0 Å². The minimum atomic E-state index is -1.42. The third kappa shape index (κ3) is 6.58. The smallest absolute Gasteiger partial charge is 0.408 e. The Bertz CT molecular complexity index is 495. The van der Waals surface area contributed by atoms with Crippen LogP contribution >= 0.6 is 0 Å². The average molecular weight is 308 g/mol. The molecule has 1 aromatic rings. The van der Waals surface area contributed by atoms with Crippen molar-refractivity contribution in [2.75, 3.05) is 0 Å². The first-order valence-corrected chi connectivity index (χ1v) is 7.05. The predicted molar refractivity (Wildman–Crippen MR) is 78.9 cm³/mol. The highest BCUT2D eigenvalue weighted by molar-refractivity contribution is 5.79. The number of aliphatic carboxylic acids is 1. The molecule has 0 spiro atoms. The van der Waals surface area contributed by atoms with Gasteiger partial charge in [-0.15, -0.1) is 0 Å². The highest BCUT2D eigenvalue weighted by Gasteiger charge is 2.26.